The maximum atomic E-state index is 10.6. The largest absolute Gasteiger partial charge is 0.438 e. The lowest BCUT2D eigenvalue weighted by Crippen LogP contribution is -1.93. The van der Waals surface area contributed by atoms with E-state index in [9.17, 15) is 10.1 Å². The van der Waals surface area contributed by atoms with E-state index >= 15 is 0 Å². The average molecular weight is 388 g/mol. The molecule has 98 valence electrons. The molecule has 0 aliphatic rings. The van der Waals surface area contributed by atoms with Crippen LogP contribution < -0.4 is 4.74 Å². The molecule has 0 N–H and O–H groups in total. The molecule has 0 spiro atoms. The van der Waals surface area contributed by atoms with Gasteiger partial charge in [0.1, 0.15) is 11.9 Å². The average Bonchev–Trinajstić information content (AvgIpc) is 2.36. The second-order valence-electron chi connectivity index (χ2n) is 3.75. The minimum absolute atomic E-state index is 0.0915. The summed E-state index contributed by atoms with van der Waals surface area (Å²) in [6, 6.07) is 6.85. The number of halogens is 2. The standard InChI is InChI=1S/C12H8Br2N2O3/c1-7-4-9(2-3-10(7)13)19-12-11(14)5-8(6-15-12)16(17)18/h2-6H,1H3. The van der Waals surface area contributed by atoms with Crippen LogP contribution in [0, 0.1) is 17.0 Å². The maximum Gasteiger partial charge on any atom is 0.288 e. The van der Waals surface area contributed by atoms with Crippen molar-refractivity contribution in [2.24, 2.45) is 0 Å². The molecular formula is C12H8Br2N2O3. The van der Waals surface area contributed by atoms with Crippen LogP contribution in [-0.4, -0.2) is 9.91 Å². The van der Waals surface area contributed by atoms with E-state index in [1.807, 2.05) is 19.1 Å². The molecule has 0 saturated carbocycles. The third-order valence-electron chi connectivity index (χ3n) is 2.35. The number of benzene rings is 1. The normalized spacial score (nSPS) is 10.3. The Kier molecular flexibility index (Phi) is 4.16. The van der Waals surface area contributed by atoms with E-state index in [0.717, 1.165) is 16.2 Å². The van der Waals surface area contributed by atoms with Crippen molar-refractivity contribution in [3.05, 3.63) is 55.1 Å². The third kappa shape index (κ3) is 3.30. The highest BCUT2D eigenvalue weighted by Gasteiger charge is 2.12. The quantitative estimate of drug-likeness (QED) is 0.569. The number of hydrogen-bond acceptors (Lipinski definition) is 4. The Morgan fingerprint density at radius 3 is 2.58 bits per heavy atom. The molecule has 0 aliphatic carbocycles. The molecule has 0 fully saturated rings. The Morgan fingerprint density at radius 1 is 1.26 bits per heavy atom. The zero-order valence-corrected chi connectivity index (χ0v) is 12.9. The second kappa shape index (κ2) is 5.66. The first-order valence-corrected chi connectivity index (χ1v) is 6.80. The van der Waals surface area contributed by atoms with Gasteiger partial charge in [0, 0.05) is 10.5 Å². The first kappa shape index (κ1) is 14.0. The van der Waals surface area contributed by atoms with Crippen molar-refractivity contribution in [2.45, 2.75) is 6.92 Å². The van der Waals surface area contributed by atoms with Crippen LogP contribution >= 0.6 is 31.9 Å². The summed E-state index contributed by atoms with van der Waals surface area (Å²) in [5.41, 5.74) is 0.932. The van der Waals surface area contributed by atoms with E-state index in [4.69, 9.17) is 4.74 Å². The summed E-state index contributed by atoms with van der Waals surface area (Å²) >= 11 is 6.60. The van der Waals surface area contributed by atoms with Gasteiger partial charge in [0.25, 0.3) is 5.69 Å². The highest BCUT2D eigenvalue weighted by Crippen LogP contribution is 2.31. The van der Waals surface area contributed by atoms with Gasteiger partial charge in [-0.05, 0) is 46.6 Å². The topological polar surface area (TPSA) is 65.3 Å². The van der Waals surface area contributed by atoms with Gasteiger partial charge in [0.2, 0.25) is 5.88 Å². The van der Waals surface area contributed by atoms with Crippen LogP contribution in [0.2, 0.25) is 0 Å². The fourth-order valence-corrected chi connectivity index (χ4v) is 2.05. The van der Waals surface area contributed by atoms with Crippen LogP contribution in [0.15, 0.2) is 39.4 Å². The molecule has 0 atom stereocenters. The van der Waals surface area contributed by atoms with E-state index in [1.54, 1.807) is 6.07 Å². The molecule has 2 aromatic rings. The van der Waals surface area contributed by atoms with E-state index in [-0.39, 0.29) is 11.6 Å². The summed E-state index contributed by atoms with van der Waals surface area (Å²) in [4.78, 5) is 14.0. The molecule has 7 heteroatoms. The molecule has 1 aromatic heterocycles. The van der Waals surface area contributed by atoms with Gasteiger partial charge in [-0.15, -0.1) is 0 Å². The zero-order valence-electron chi connectivity index (χ0n) is 9.76. The summed E-state index contributed by atoms with van der Waals surface area (Å²) in [5, 5.41) is 10.6. The van der Waals surface area contributed by atoms with Crippen molar-refractivity contribution in [3.63, 3.8) is 0 Å². The van der Waals surface area contributed by atoms with E-state index in [0.29, 0.717) is 10.2 Å². The van der Waals surface area contributed by atoms with Crippen molar-refractivity contribution >= 4 is 37.5 Å². The summed E-state index contributed by atoms with van der Waals surface area (Å²) < 4.78 is 6.99. The van der Waals surface area contributed by atoms with E-state index < -0.39 is 4.92 Å². The van der Waals surface area contributed by atoms with Crippen molar-refractivity contribution < 1.29 is 9.66 Å². The zero-order chi connectivity index (χ0) is 14.0. The Hall–Kier alpha value is -1.47. The van der Waals surface area contributed by atoms with Crippen LogP contribution in [0.25, 0.3) is 0 Å². The first-order valence-electron chi connectivity index (χ1n) is 5.21. The molecule has 1 aromatic carbocycles. The highest BCUT2D eigenvalue weighted by atomic mass is 79.9. The minimum Gasteiger partial charge on any atom is -0.438 e. The molecule has 0 aliphatic heterocycles. The van der Waals surface area contributed by atoms with Gasteiger partial charge >= 0.3 is 0 Å². The van der Waals surface area contributed by atoms with Crippen molar-refractivity contribution in [1.82, 2.24) is 4.98 Å². The van der Waals surface area contributed by atoms with Gasteiger partial charge < -0.3 is 4.74 Å². The Morgan fingerprint density at radius 2 is 2.00 bits per heavy atom. The van der Waals surface area contributed by atoms with Crippen molar-refractivity contribution in [1.29, 1.82) is 0 Å². The number of nitrogens with zero attached hydrogens (tertiary/aromatic N) is 2. The second-order valence-corrected chi connectivity index (χ2v) is 5.46. The lowest BCUT2D eigenvalue weighted by atomic mass is 10.2. The first-order chi connectivity index (χ1) is 8.97. The summed E-state index contributed by atoms with van der Waals surface area (Å²) in [6.45, 7) is 1.94. The number of ether oxygens (including phenoxy) is 1. The number of aryl methyl sites for hydroxylation is 1. The Labute approximate surface area is 126 Å². The molecule has 5 nitrogen and oxygen atoms in total. The molecule has 1 heterocycles. The molecule has 0 saturated heterocycles. The number of pyridine rings is 1. The predicted octanol–water partition coefficient (Wildman–Crippen LogP) is 4.62. The number of nitro groups is 1. The van der Waals surface area contributed by atoms with Crippen LogP contribution in [0.1, 0.15) is 5.56 Å². The molecule has 0 unspecified atom stereocenters. The molecule has 0 radical (unpaired) electrons. The minimum atomic E-state index is -0.509. The lowest BCUT2D eigenvalue weighted by molar-refractivity contribution is -0.385. The SMILES string of the molecule is Cc1cc(Oc2ncc([N+](=O)[O-])cc2Br)ccc1Br. The lowest BCUT2D eigenvalue weighted by Gasteiger charge is -2.07. The Balaban J connectivity index is 2.28. The summed E-state index contributed by atoms with van der Waals surface area (Å²) in [6.07, 6.45) is 1.16. The summed E-state index contributed by atoms with van der Waals surface area (Å²) in [7, 11) is 0. The van der Waals surface area contributed by atoms with E-state index in [2.05, 4.69) is 36.8 Å². The van der Waals surface area contributed by atoms with Crippen molar-refractivity contribution in [2.75, 3.05) is 0 Å². The smallest absolute Gasteiger partial charge is 0.288 e. The molecule has 2 rings (SSSR count). The molecule has 19 heavy (non-hydrogen) atoms. The monoisotopic (exact) mass is 386 g/mol. The van der Waals surface area contributed by atoms with Gasteiger partial charge in [0.15, 0.2) is 0 Å². The third-order valence-corrected chi connectivity index (χ3v) is 3.81. The van der Waals surface area contributed by atoms with Gasteiger partial charge in [-0.1, -0.05) is 15.9 Å². The number of aromatic nitrogens is 1. The molecular weight excluding hydrogens is 380 g/mol. The maximum absolute atomic E-state index is 10.6. The fraction of sp³-hybridized carbons (Fsp3) is 0.0833. The number of rotatable bonds is 3. The Bertz CT molecular complexity index is 647. The predicted molar refractivity (Wildman–Crippen MR) is 77.5 cm³/mol. The highest BCUT2D eigenvalue weighted by molar-refractivity contribution is 9.10. The number of hydrogen-bond donors (Lipinski definition) is 0. The van der Waals surface area contributed by atoms with Crippen LogP contribution in [0.4, 0.5) is 5.69 Å². The van der Waals surface area contributed by atoms with Crippen LogP contribution in [0.5, 0.6) is 11.6 Å². The molecule has 0 bridgehead atoms. The van der Waals surface area contributed by atoms with Gasteiger partial charge in [0.05, 0.1) is 9.40 Å². The van der Waals surface area contributed by atoms with Gasteiger partial charge in [-0.3, -0.25) is 10.1 Å². The van der Waals surface area contributed by atoms with Crippen LogP contribution in [-0.2, 0) is 0 Å². The van der Waals surface area contributed by atoms with Crippen LogP contribution in [0.3, 0.4) is 0 Å². The van der Waals surface area contributed by atoms with Crippen molar-refractivity contribution in [3.8, 4) is 11.6 Å². The van der Waals surface area contributed by atoms with Gasteiger partial charge in [-0.2, -0.15) is 0 Å². The van der Waals surface area contributed by atoms with E-state index in [1.165, 1.54) is 6.07 Å². The van der Waals surface area contributed by atoms with Gasteiger partial charge in [-0.25, -0.2) is 4.98 Å². The summed E-state index contributed by atoms with van der Waals surface area (Å²) in [5.74, 6) is 0.898. The molecule has 0 amide bonds. The fourth-order valence-electron chi connectivity index (χ4n) is 1.38.